The Morgan fingerprint density at radius 2 is 1.65 bits per heavy atom. The van der Waals surface area contributed by atoms with Gasteiger partial charge in [0.25, 0.3) is 0 Å². The van der Waals surface area contributed by atoms with Crippen molar-refractivity contribution >= 4 is 0 Å². The van der Waals surface area contributed by atoms with Crippen molar-refractivity contribution in [1.82, 2.24) is 0 Å². The summed E-state index contributed by atoms with van der Waals surface area (Å²) in [5, 5.41) is 8.38. The largest absolute Gasteiger partial charge is 0.204 e. The van der Waals surface area contributed by atoms with Gasteiger partial charge in [-0.1, -0.05) is 30.4 Å². The van der Waals surface area contributed by atoms with E-state index in [1.165, 1.54) is 55.5 Å². The smallest absolute Gasteiger partial charge is 0.199 e. The molecule has 0 unspecified atom stereocenters. The third kappa shape index (κ3) is 6.60. The van der Waals surface area contributed by atoms with Crippen molar-refractivity contribution in [2.45, 2.75) is 70.1 Å². The molecule has 2 aliphatic carbocycles. The lowest BCUT2D eigenvalue weighted by Gasteiger charge is -2.36. The second-order valence-corrected chi connectivity index (χ2v) is 9.15. The maximum atomic E-state index is 13.6. The van der Waals surface area contributed by atoms with Crippen LogP contribution in [-0.2, 0) is 0 Å². The fourth-order valence-electron chi connectivity index (χ4n) is 5.34. The molecule has 4 heteroatoms. The van der Waals surface area contributed by atoms with Crippen LogP contribution in [0.4, 0.5) is 13.2 Å². The Morgan fingerprint density at radius 1 is 1.00 bits per heavy atom. The summed E-state index contributed by atoms with van der Waals surface area (Å²) in [6.45, 7) is 4.47. The summed E-state index contributed by atoms with van der Waals surface area (Å²) in [5.74, 6) is -0.0995. The standard InChI is InChI=1S/C27H32F3N/c1-19(21-9-7-20(8-10-21)5-3-2-4-6-25(28)18-31)22-11-13-23(14-12-22)24-15-16-26(29)27(30)17-24/h2,4,6,15-17,20-23H,1,3,5,7-14H2/b4-2+,25-6-. The Bertz CT molecular complexity index is 848. The van der Waals surface area contributed by atoms with Gasteiger partial charge in [0.15, 0.2) is 17.5 Å². The number of hydrogen-bond donors (Lipinski definition) is 0. The first-order valence-electron chi connectivity index (χ1n) is 11.5. The molecule has 0 bridgehead atoms. The maximum Gasteiger partial charge on any atom is 0.199 e. The summed E-state index contributed by atoms with van der Waals surface area (Å²) in [6.07, 6.45) is 15.8. The van der Waals surface area contributed by atoms with Gasteiger partial charge in [-0.25, -0.2) is 8.78 Å². The van der Waals surface area contributed by atoms with E-state index in [1.807, 2.05) is 6.08 Å². The molecule has 2 saturated carbocycles. The predicted molar refractivity (Wildman–Crippen MR) is 119 cm³/mol. The zero-order valence-corrected chi connectivity index (χ0v) is 18.1. The first kappa shape index (κ1) is 23.4. The minimum absolute atomic E-state index is 0.319. The van der Waals surface area contributed by atoms with Crippen LogP contribution in [0.5, 0.6) is 0 Å². The van der Waals surface area contributed by atoms with E-state index in [-0.39, 0.29) is 0 Å². The van der Waals surface area contributed by atoms with Crippen molar-refractivity contribution in [3.63, 3.8) is 0 Å². The first-order valence-corrected chi connectivity index (χ1v) is 11.5. The fraction of sp³-hybridized carbons (Fsp3) is 0.519. The molecule has 0 N–H and O–H groups in total. The van der Waals surface area contributed by atoms with Crippen molar-refractivity contribution in [2.24, 2.45) is 17.8 Å². The molecule has 0 amide bonds. The van der Waals surface area contributed by atoms with Gasteiger partial charge >= 0.3 is 0 Å². The number of hydrogen-bond acceptors (Lipinski definition) is 1. The number of nitrogens with zero attached hydrogens (tertiary/aromatic N) is 1. The lowest BCUT2D eigenvalue weighted by atomic mass is 9.69. The van der Waals surface area contributed by atoms with E-state index in [9.17, 15) is 13.2 Å². The van der Waals surface area contributed by atoms with E-state index in [0.29, 0.717) is 23.7 Å². The van der Waals surface area contributed by atoms with Gasteiger partial charge in [-0.15, -0.1) is 0 Å². The number of nitriles is 1. The van der Waals surface area contributed by atoms with Crippen molar-refractivity contribution in [2.75, 3.05) is 0 Å². The highest BCUT2D eigenvalue weighted by Crippen LogP contribution is 2.44. The van der Waals surface area contributed by atoms with E-state index < -0.39 is 17.5 Å². The van der Waals surface area contributed by atoms with Gasteiger partial charge in [0.1, 0.15) is 6.07 Å². The lowest BCUT2D eigenvalue weighted by Crippen LogP contribution is -2.22. The normalized spacial score (nSPS) is 27.2. The van der Waals surface area contributed by atoms with Crippen LogP contribution in [0.2, 0.25) is 0 Å². The Morgan fingerprint density at radius 3 is 2.26 bits per heavy atom. The van der Waals surface area contributed by atoms with Crippen LogP contribution in [-0.4, -0.2) is 0 Å². The molecule has 0 aromatic heterocycles. The van der Waals surface area contributed by atoms with E-state index in [0.717, 1.165) is 44.1 Å². The third-order valence-electron chi connectivity index (χ3n) is 7.26. The monoisotopic (exact) mass is 427 g/mol. The van der Waals surface area contributed by atoms with E-state index in [2.05, 4.69) is 6.58 Å². The van der Waals surface area contributed by atoms with Crippen LogP contribution in [0.1, 0.15) is 75.7 Å². The summed E-state index contributed by atoms with van der Waals surface area (Å²) in [7, 11) is 0. The zero-order chi connectivity index (χ0) is 22.2. The topological polar surface area (TPSA) is 23.8 Å². The molecule has 2 aliphatic rings. The van der Waals surface area contributed by atoms with Crippen LogP contribution < -0.4 is 0 Å². The molecule has 3 rings (SSSR count). The maximum absolute atomic E-state index is 13.6. The molecule has 0 radical (unpaired) electrons. The van der Waals surface area contributed by atoms with E-state index in [4.69, 9.17) is 5.26 Å². The molecule has 0 heterocycles. The summed E-state index contributed by atoms with van der Waals surface area (Å²) < 4.78 is 39.5. The van der Waals surface area contributed by atoms with Gasteiger partial charge in [0, 0.05) is 0 Å². The molecule has 0 spiro atoms. The Hall–Kier alpha value is -2.28. The minimum atomic E-state index is -0.776. The SMILES string of the molecule is C=C(C1CCC(CC/C=C/C=C(\F)C#N)CC1)C1CCC(c2ccc(F)c(F)c2)CC1. The zero-order valence-electron chi connectivity index (χ0n) is 18.1. The van der Waals surface area contributed by atoms with Crippen LogP contribution in [0.25, 0.3) is 0 Å². The fourth-order valence-corrected chi connectivity index (χ4v) is 5.34. The van der Waals surface area contributed by atoms with Crippen LogP contribution in [0.3, 0.4) is 0 Å². The van der Waals surface area contributed by atoms with Gasteiger partial charge in [-0.2, -0.15) is 9.65 Å². The van der Waals surface area contributed by atoms with Crippen LogP contribution in [0, 0.1) is 40.7 Å². The second-order valence-electron chi connectivity index (χ2n) is 9.15. The van der Waals surface area contributed by atoms with Crippen molar-refractivity contribution < 1.29 is 13.2 Å². The Kier molecular flexibility index (Phi) is 8.58. The average molecular weight is 428 g/mol. The number of allylic oxidation sites excluding steroid dienone is 5. The number of rotatable bonds is 7. The summed E-state index contributed by atoms with van der Waals surface area (Å²) in [5.41, 5.74) is 2.32. The molecule has 0 aliphatic heterocycles. The van der Waals surface area contributed by atoms with E-state index >= 15 is 0 Å². The molecule has 1 aromatic carbocycles. The molecular formula is C27H32F3N. The molecular weight excluding hydrogens is 395 g/mol. The van der Waals surface area contributed by atoms with Gasteiger partial charge in [0.05, 0.1) is 0 Å². The third-order valence-corrected chi connectivity index (χ3v) is 7.26. The minimum Gasteiger partial charge on any atom is -0.204 e. The second kappa shape index (κ2) is 11.4. The van der Waals surface area contributed by atoms with Gasteiger partial charge < -0.3 is 0 Å². The quantitative estimate of drug-likeness (QED) is 0.244. The summed E-state index contributed by atoms with van der Waals surface area (Å²) in [4.78, 5) is 0. The average Bonchev–Trinajstić information content (AvgIpc) is 2.80. The summed E-state index contributed by atoms with van der Waals surface area (Å²) >= 11 is 0. The highest BCUT2D eigenvalue weighted by atomic mass is 19.2. The van der Waals surface area contributed by atoms with Gasteiger partial charge in [0.2, 0.25) is 0 Å². The van der Waals surface area contributed by atoms with Crippen LogP contribution in [0.15, 0.2) is 54.4 Å². The molecule has 1 nitrogen and oxygen atoms in total. The molecule has 0 atom stereocenters. The molecule has 166 valence electrons. The van der Waals surface area contributed by atoms with Gasteiger partial charge in [-0.3, -0.25) is 0 Å². The lowest BCUT2D eigenvalue weighted by molar-refractivity contribution is 0.260. The van der Waals surface area contributed by atoms with Crippen molar-refractivity contribution in [3.8, 4) is 6.07 Å². The Balaban J connectivity index is 1.39. The Labute approximate surface area is 184 Å². The predicted octanol–water partition coefficient (Wildman–Crippen LogP) is 8.31. The molecule has 2 fully saturated rings. The summed E-state index contributed by atoms with van der Waals surface area (Å²) in [6, 6.07) is 5.80. The molecule has 31 heavy (non-hydrogen) atoms. The molecule has 1 aromatic rings. The van der Waals surface area contributed by atoms with E-state index in [1.54, 1.807) is 12.1 Å². The molecule has 0 saturated heterocycles. The van der Waals surface area contributed by atoms with Crippen molar-refractivity contribution in [3.05, 3.63) is 71.6 Å². The first-order chi connectivity index (χ1) is 15.0. The highest BCUT2D eigenvalue weighted by molar-refractivity contribution is 5.23. The number of halogens is 3. The van der Waals surface area contributed by atoms with Gasteiger partial charge in [-0.05, 0) is 112 Å². The number of benzene rings is 1. The van der Waals surface area contributed by atoms with Crippen molar-refractivity contribution in [1.29, 1.82) is 5.26 Å². The van der Waals surface area contributed by atoms with Crippen LogP contribution >= 0.6 is 0 Å². The highest BCUT2D eigenvalue weighted by Gasteiger charge is 2.30.